The summed E-state index contributed by atoms with van der Waals surface area (Å²) in [6.45, 7) is 4.89. The predicted molar refractivity (Wildman–Crippen MR) is 288 cm³/mol. The van der Waals surface area contributed by atoms with E-state index >= 15 is 0 Å². The van der Waals surface area contributed by atoms with Gasteiger partial charge in [0.25, 0.3) is 0 Å². The minimum atomic E-state index is -0.721. The van der Waals surface area contributed by atoms with Crippen molar-refractivity contribution in [2.45, 2.75) is 91.1 Å². The van der Waals surface area contributed by atoms with Crippen LogP contribution in [0.4, 0.5) is 8.78 Å². The highest BCUT2D eigenvalue weighted by Gasteiger charge is 2.62. The average molecular weight is 1010 g/mol. The van der Waals surface area contributed by atoms with Gasteiger partial charge in [0.1, 0.15) is 11.6 Å². The second-order valence-electron chi connectivity index (χ2n) is 23.2. The van der Waals surface area contributed by atoms with E-state index in [1.54, 1.807) is 24.3 Å². The molecule has 0 bridgehead atoms. The summed E-state index contributed by atoms with van der Waals surface area (Å²) < 4.78 is 38.3. The highest BCUT2D eigenvalue weighted by atomic mass is 19.1. The molecule has 8 aromatic rings. The number of carboxylic acids is 1. The number of methoxy groups -OCH3 is 1. The molecule has 4 saturated carbocycles. The summed E-state index contributed by atoms with van der Waals surface area (Å²) in [6.07, 6.45) is 11.4. The van der Waals surface area contributed by atoms with Crippen LogP contribution >= 0.6 is 0 Å². The first-order valence-electron chi connectivity index (χ1n) is 26.3. The normalized spacial score (nSPS) is 24.3. The molecule has 0 aliphatic heterocycles. The van der Waals surface area contributed by atoms with Crippen LogP contribution in [0.5, 0.6) is 0 Å². The Morgan fingerprint density at radius 3 is 1.27 bits per heavy atom. The minimum Gasteiger partial charge on any atom is -0.481 e. The van der Waals surface area contributed by atoms with Crippen LogP contribution in [0.1, 0.15) is 110 Å². The Balaban J connectivity index is 0.000000161. The lowest BCUT2D eigenvalue weighted by Crippen LogP contribution is -2.56. The van der Waals surface area contributed by atoms with E-state index in [1.165, 1.54) is 19.2 Å². The zero-order valence-electron chi connectivity index (χ0n) is 42.8. The van der Waals surface area contributed by atoms with Crippen molar-refractivity contribution in [3.8, 4) is 22.3 Å². The van der Waals surface area contributed by atoms with Gasteiger partial charge in [-0.2, -0.15) is 0 Å². The number of aromatic nitrogens is 2. The first-order valence-corrected chi connectivity index (χ1v) is 26.3. The molecule has 0 atom stereocenters. The van der Waals surface area contributed by atoms with Crippen molar-refractivity contribution in [2.75, 3.05) is 7.11 Å². The maximum Gasteiger partial charge on any atom is 0.311 e. The maximum absolute atomic E-state index is 14.7. The maximum atomic E-state index is 14.7. The third-order valence-corrected chi connectivity index (χ3v) is 17.3. The van der Waals surface area contributed by atoms with Crippen molar-refractivity contribution < 1.29 is 37.8 Å². The van der Waals surface area contributed by atoms with E-state index in [9.17, 15) is 33.1 Å². The molecule has 2 heterocycles. The minimum absolute atomic E-state index is 0.0320. The molecule has 6 aromatic carbocycles. The van der Waals surface area contributed by atoms with Gasteiger partial charge in [-0.15, -0.1) is 0 Å². The van der Waals surface area contributed by atoms with Gasteiger partial charge in [0.15, 0.2) is 11.6 Å². The molecule has 4 aliphatic carbocycles. The predicted octanol–water partition coefficient (Wildman–Crippen LogP) is 14.8. The van der Waals surface area contributed by atoms with E-state index in [4.69, 9.17) is 4.74 Å². The zero-order valence-corrected chi connectivity index (χ0v) is 42.8. The molecule has 2 spiro atoms. The van der Waals surface area contributed by atoms with Gasteiger partial charge in [0.2, 0.25) is 0 Å². The average Bonchev–Trinajstić information content (AvgIpc) is 4.02. The number of benzene rings is 6. The summed E-state index contributed by atoms with van der Waals surface area (Å²) in [4.78, 5) is 50.4. The second kappa shape index (κ2) is 19.3. The number of nitrogens with zero attached hydrogens (tertiary/aromatic N) is 2. The Bertz CT molecular complexity index is 3460. The van der Waals surface area contributed by atoms with Gasteiger partial charge in [-0.25, -0.2) is 8.78 Å². The molecule has 4 fully saturated rings. The molecule has 2 aromatic heterocycles. The number of hydrogen-bond acceptors (Lipinski definition) is 5. The smallest absolute Gasteiger partial charge is 0.311 e. The summed E-state index contributed by atoms with van der Waals surface area (Å²) in [6, 6.07) is 46.7. The van der Waals surface area contributed by atoms with Crippen LogP contribution in [-0.4, -0.2) is 44.9 Å². The van der Waals surface area contributed by atoms with Crippen LogP contribution in [0.3, 0.4) is 0 Å². The topological polar surface area (TPSA) is 108 Å². The number of ketones is 2. The Kier molecular flexibility index (Phi) is 12.8. The van der Waals surface area contributed by atoms with Crippen molar-refractivity contribution >= 4 is 45.3 Å². The first-order chi connectivity index (χ1) is 36.0. The van der Waals surface area contributed by atoms with Crippen LogP contribution in [-0.2, 0) is 27.4 Å². The molecular formula is C65H62F2N2O6. The highest BCUT2D eigenvalue weighted by Crippen LogP contribution is 2.68. The fraction of sp³-hybridized carbons (Fsp3) is 0.323. The lowest BCUT2D eigenvalue weighted by molar-refractivity contribution is -0.180. The van der Waals surface area contributed by atoms with Gasteiger partial charge in [-0.05, 0) is 158 Å². The van der Waals surface area contributed by atoms with Gasteiger partial charge in [0, 0.05) is 60.2 Å². The standard InChI is InChI=1S/C33H32FNO3.C32H30FNO3/c1-32(31(37)38-2)20-33(21-32)17-23(18-33)16-29(36)27-12-13-28(34)26-14-15-35(30(26)27)19-22-8-10-25(11-9-22)24-6-4-3-5-7-24;1-31(30(36)37)19-32(20-31)16-22(17-32)15-28(35)26-11-12-27(33)25-13-14-34(29(25)26)18-21-7-9-24(10-8-21)23-5-3-2-4-6-23/h3-15,23H,16-21H2,1-2H3;2-14,22H,15-20H2,1H3,(H,36,37). The first kappa shape index (κ1) is 49.7. The monoisotopic (exact) mass is 1000 g/mol. The molecule has 1 N–H and O–H groups in total. The third kappa shape index (κ3) is 9.53. The van der Waals surface area contributed by atoms with Crippen molar-refractivity contribution in [1.82, 2.24) is 9.13 Å². The number of carboxylic acid groups (broad SMARTS) is 1. The molecule has 75 heavy (non-hydrogen) atoms. The van der Waals surface area contributed by atoms with E-state index in [2.05, 4.69) is 72.8 Å². The second-order valence-corrected chi connectivity index (χ2v) is 23.2. The molecule has 382 valence electrons. The summed E-state index contributed by atoms with van der Waals surface area (Å²) in [5.74, 6) is -0.829. The number of Topliss-reactive ketones (excluding diaryl/α,β-unsaturated/α-hetero) is 2. The SMILES string of the molecule is CC1(C(=O)O)CC2(CC(CC(=O)c3ccc(F)c4ccn(Cc5ccc(-c6ccccc6)cc5)c34)C2)C1.COC(=O)C1(C)CC2(CC(CC(=O)c3ccc(F)c4ccn(Cc5ccc(-c6ccccc6)cc5)c34)C2)C1. The molecule has 8 nitrogen and oxygen atoms in total. The van der Waals surface area contributed by atoms with Crippen molar-refractivity contribution in [3.63, 3.8) is 0 Å². The van der Waals surface area contributed by atoms with Gasteiger partial charge in [0.05, 0.1) is 29.0 Å². The molecule has 0 amide bonds. The van der Waals surface area contributed by atoms with Crippen LogP contribution in [0.2, 0.25) is 0 Å². The number of rotatable bonds is 14. The number of fused-ring (bicyclic) bond motifs is 2. The van der Waals surface area contributed by atoms with Crippen LogP contribution in [0.15, 0.2) is 158 Å². The molecular weight excluding hydrogens is 943 g/mol. The summed E-state index contributed by atoms with van der Waals surface area (Å²) in [7, 11) is 1.44. The van der Waals surface area contributed by atoms with Gasteiger partial charge in [-0.1, -0.05) is 109 Å². The number of carbonyl (C=O) groups excluding carboxylic acids is 3. The zero-order chi connectivity index (χ0) is 52.3. The van der Waals surface area contributed by atoms with E-state index < -0.39 is 11.4 Å². The van der Waals surface area contributed by atoms with Crippen LogP contribution < -0.4 is 0 Å². The summed E-state index contributed by atoms with van der Waals surface area (Å²) >= 11 is 0. The Labute approximate surface area is 436 Å². The number of halogens is 2. The Morgan fingerprint density at radius 1 is 0.520 bits per heavy atom. The summed E-state index contributed by atoms with van der Waals surface area (Å²) in [5, 5.41) is 10.4. The van der Waals surface area contributed by atoms with Gasteiger partial charge >= 0.3 is 11.9 Å². The van der Waals surface area contributed by atoms with E-state index in [0.717, 1.165) is 71.9 Å². The van der Waals surface area contributed by atoms with E-state index in [1.807, 2.05) is 71.8 Å². The van der Waals surface area contributed by atoms with E-state index in [0.29, 0.717) is 77.6 Å². The molecule has 10 heteroatoms. The lowest BCUT2D eigenvalue weighted by Gasteiger charge is -2.61. The molecule has 0 saturated heterocycles. The molecule has 4 aliphatic rings. The number of hydrogen-bond donors (Lipinski definition) is 1. The van der Waals surface area contributed by atoms with Crippen LogP contribution in [0, 0.1) is 45.1 Å². The van der Waals surface area contributed by atoms with Gasteiger partial charge in [-0.3, -0.25) is 19.2 Å². The number of ether oxygens (including phenoxy) is 1. The lowest BCUT2D eigenvalue weighted by atomic mass is 9.42. The van der Waals surface area contributed by atoms with Crippen molar-refractivity contribution in [3.05, 3.63) is 192 Å². The van der Waals surface area contributed by atoms with Crippen molar-refractivity contribution in [1.29, 1.82) is 0 Å². The Morgan fingerprint density at radius 2 is 0.893 bits per heavy atom. The number of carbonyl (C=O) groups is 4. The van der Waals surface area contributed by atoms with Crippen LogP contribution in [0.25, 0.3) is 44.1 Å². The number of aliphatic carboxylic acids is 1. The molecule has 0 unspecified atom stereocenters. The molecule has 12 rings (SSSR count). The summed E-state index contributed by atoms with van der Waals surface area (Å²) in [5.41, 5.74) is 8.50. The number of esters is 1. The molecule has 0 radical (unpaired) electrons. The van der Waals surface area contributed by atoms with Crippen molar-refractivity contribution in [2.24, 2.45) is 33.5 Å². The quantitative estimate of drug-likeness (QED) is 0.0859. The highest BCUT2D eigenvalue weighted by molar-refractivity contribution is 6.08. The Hall–Kier alpha value is -7.46. The van der Waals surface area contributed by atoms with Gasteiger partial charge < -0.3 is 19.0 Å². The fourth-order valence-electron chi connectivity index (χ4n) is 14.2. The third-order valence-electron chi connectivity index (χ3n) is 17.3. The van der Waals surface area contributed by atoms with E-state index in [-0.39, 0.29) is 51.3 Å². The fourth-order valence-corrected chi connectivity index (χ4v) is 14.2. The largest absolute Gasteiger partial charge is 0.481 e.